The Morgan fingerprint density at radius 2 is 1.97 bits per heavy atom. The van der Waals surface area contributed by atoms with Crippen LogP contribution < -0.4 is 15.8 Å². The third-order valence-electron chi connectivity index (χ3n) is 7.89. The number of esters is 1. The van der Waals surface area contributed by atoms with Gasteiger partial charge in [0.15, 0.2) is 0 Å². The Labute approximate surface area is 207 Å². The molecule has 0 aromatic heterocycles. The number of fused-ring (bicyclic) bond motifs is 4. The van der Waals surface area contributed by atoms with Gasteiger partial charge in [-0.2, -0.15) is 4.72 Å². The van der Waals surface area contributed by atoms with Crippen molar-refractivity contribution >= 4 is 33.8 Å². The van der Waals surface area contributed by atoms with Gasteiger partial charge in [0.1, 0.15) is 23.5 Å². The highest BCUT2D eigenvalue weighted by Crippen LogP contribution is 2.54. The van der Waals surface area contributed by atoms with E-state index in [2.05, 4.69) is 15.0 Å². The van der Waals surface area contributed by atoms with Crippen LogP contribution in [0.15, 0.2) is 64.5 Å². The molecule has 0 radical (unpaired) electrons. The van der Waals surface area contributed by atoms with Crippen LogP contribution in [0.25, 0.3) is 6.08 Å². The van der Waals surface area contributed by atoms with Crippen LogP contribution in [0.5, 0.6) is 0 Å². The molecule has 1 spiro atoms. The Morgan fingerprint density at radius 1 is 1.17 bits per heavy atom. The molecular formula is C25H23N5O5S. The lowest BCUT2D eigenvalue weighted by Gasteiger charge is -2.60. The second-order valence-electron chi connectivity index (χ2n) is 9.78. The van der Waals surface area contributed by atoms with E-state index >= 15 is 0 Å². The van der Waals surface area contributed by atoms with E-state index in [0.29, 0.717) is 5.56 Å². The summed E-state index contributed by atoms with van der Waals surface area (Å²) in [6.07, 6.45) is 2.99. The van der Waals surface area contributed by atoms with Crippen LogP contribution in [-0.4, -0.2) is 55.5 Å². The van der Waals surface area contributed by atoms with Crippen LogP contribution in [0.4, 0.5) is 0 Å². The molecule has 0 saturated carbocycles. The fourth-order valence-corrected chi connectivity index (χ4v) is 7.30. The van der Waals surface area contributed by atoms with Gasteiger partial charge in [-0.1, -0.05) is 36.4 Å². The summed E-state index contributed by atoms with van der Waals surface area (Å²) in [5.74, 6) is -0.877. The zero-order valence-corrected chi connectivity index (χ0v) is 19.9. The number of hydrogen-bond acceptors (Lipinski definition) is 8. The van der Waals surface area contributed by atoms with Gasteiger partial charge >= 0.3 is 5.97 Å². The molecule has 1 aliphatic carbocycles. The van der Waals surface area contributed by atoms with E-state index in [9.17, 15) is 18.0 Å². The molecule has 4 unspecified atom stereocenters. The second-order valence-corrected chi connectivity index (χ2v) is 11.5. The maximum absolute atomic E-state index is 13.4. The molecule has 184 valence electrons. The molecule has 11 heteroatoms. The smallest absolute Gasteiger partial charge is 0.311 e. The molecule has 2 aromatic carbocycles. The lowest BCUT2D eigenvalue weighted by atomic mass is 9.68. The van der Waals surface area contributed by atoms with Gasteiger partial charge in [-0.15, -0.1) is 0 Å². The number of carbonyl (C=O) groups excluding carboxylic acids is 2. The number of amidine groups is 1. The van der Waals surface area contributed by atoms with Crippen LogP contribution in [-0.2, 0) is 29.9 Å². The SMILES string of the molecule is NC1(c2ccc3c(c2)C=C[C@@]24OC(=O)CC(NS(=O)(=O)c5ccccc5)N2C(=O)C34)C2=NCCC1N2. The first-order chi connectivity index (χ1) is 17.2. The molecule has 1 amide bonds. The second kappa shape index (κ2) is 7.02. The zero-order valence-electron chi connectivity index (χ0n) is 19.0. The summed E-state index contributed by atoms with van der Waals surface area (Å²) in [6.45, 7) is 0.756. The third kappa shape index (κ3) is 2.67. The first-order valence-electron chi connectivity index (χ1n) is 11.8. The number of ether oxygens (including phenoxy) is 1. The van der Waals surface area contributed by atoms with Crippen LogP contribution in [0, 0.1) is 0 Å². The summed E-state index contributed by atoms with van der Waals surface area (Å²) >= 11 is 0. The first-order valence-corrected chi connectivity index (χ1v) is 13.3. The molecule has 4 N–H and O–H groups in total. The molecule has 4 aliphatic heterocycles. The molecule has 5 aliphatic rings. The molecular weight excluding hydrogens is 482 g/mol. The highest BCUT2D eigenvalue weighted by Gasteiger charge is 2.68. The fraction of sp³-hybridized carbons (Fsp3) is 0.320. The quantitative estimate of drug-likeness (QED) is 0.406. The molecule has 7 rings (SSSR count). The van der Waals surface area contributed by atoms with E-state index in [1.165, 1.54) is 17.0 Å². The number of hydrogen-bond donors (Lipinski definition) is 3. The van der Waals surface area contributed by atoms with Crippen molar-refractivity contribution in [1.82, 2.24) is 14.9 Å². The Hall–Kier alpha value is -3.54. The first kappa shape index (κ1) is 21.7. The third-order valence-corrected chi connectivity index (χ3v) is 9.36. The average Bonchev–Trinajstić information content (AvgIpc) is 2.87. The number of β-lactam (4-membered cyclic amide) rings is 1. The molecule has 2 bridgehead atoms. The van der Waals surface area contributed by atoms with Crippen molar-refractivity contribution in [2.75, 3.05) is 6.54 Å². The molecule has 5 atom stereocenters. The Morgan fingerprint density at radius 3 is 2.69 bits per heavy atom. The van der Waals surface area contributed by atoms with Crippen LogP contribution in [0.1, 0.15) is 35.4 Å². The van der Waals surface area contributed by atoms with E-state index in [1.54, 1.807) is 24.3 Å². The Bertz CT molecular complexity index is 1510. The normalized spacial score (nSPS) is 33.6. The number of aliphatic imine (C=N–C) groups is 1. The maximum Gasteiger partial charge on any atom is 0.311 e. The number of nitrogens with two attached hydrogens (primary N) is 1. The number of sulfonamides is 1. The molecule has 2 aromatic rings. The average molecular weight is 506 g/mol. The largest absolute Gasteiger partial charge is 0.434 e. The van der Waals surface area contributed by atoms with Crippen molar-refractivity contribution < 1.29 is 22.7 Å². The van der Waals surface area contributed by atoms with Gasteiger partial charge in [0, 0.05) is 6.54 Å². The molecule has 36 heavy (non-hydrogen) atoms. The highest BCUT2D eigenvalue weighted by atomic mass is 32.2. The van der Waals surface area contributed by atoms with Crippen molar-refractivity contribution in [2.24, 2.45) is 10.7 Å². The number of nitrogens with zero attached hydrogens (tertiary/aromatic N) is 2. The van der Waals surface area contributed by atoms with Crippen molar-refractivity contribution in [1.29, 1.82) is 0 Å². The molecule has 3 fully saturated rings. The van der Waals surface area contributed by atoms with Crippen LogP contribution in [0.3, 0.4) is 0 Å². The van der Waals surface area contributed by atoms with E-state index in [-0.39, 0.29) is 23.3 Å². The van der Waals surface area contributed by atoms with E-state index < -0.39 is 39.3 Å². The van der Waals surface area contributed by atoms with Crippen molar-refractivity contribution in [3.63, 3.8) is 0 Å². The minimum absolute atomic E-state index is 0.0511. The molecule has 10 nitrogen and oxygen atoms in total. The van der Waals surface area contributed by atoms with Crippen LogP contribution >= 0.6 is 0 Å². The number of rotatable bonds is 4. The number of benzene rings is 2. The van der Waals surface area contributed by atoms with Crippen molar-refractivity contribution in [2.45, 2.75) is 47.1 Å². The van der Waals surface area contributed by atoms with Gasteiger partial charge < -0.3 is 15.8 Å². The van der Waals surface area contributed by atoms with Gasteiger partial charge in [0.05, 0.1) is 17.4 Å². The van der Waals surface area contributed by atoms with Crippen LogP contribution in [0.2, 0.25) is 0 Å². The van der Waals surface area contributed by atoms with Crippen molar-refractivity contribution in [3.8, 4) is 0 Å². The summed E-state index contributed by atoms with van der Waals surface area (Å²) in [4.78, 5) is 32.0. The molecule has 3 saturated heterocycles. The monoisotopic (exact) mass is 505 g/mol. The minimum Gasteiger partial charge on any atom is -0.434 e. The predicted molar refractivity (Wildman–Crippen MR) is 129 cm³/mol. The van der Waals surface area contributed by atoms with Gasteiger partial charge in [0.25, 0.3) is 0 Å². The van der Waals surface area contributed by atoms with E-state index in [4.69, 9.17) is 10.5 Å². The van der Waals surface area contributed by atoms with Gasteiger partial charge in [-0.25, -0.2) is 8.42 Å². The van der Waals surface area contributed by atoms with E-state index in [0.717, 1.165) is 29.9 Å². The van der Waals surface area contributed by atoms with Gasteiger partial charge in [-0.05, 0) is 47.4 Å². The summed E-state index contributed by atoms with van der Waals surface area (Å²) in [7, 11) is -3.96. The predicted octanol–water partition coefficient (Wildman–Crippen LogP) is 0.515. The topological polar surface area (TPSA) is 143 Å². The van der Waals surface area contributed by atoms with E-state index in [1.807, 2.05) is 24.3 Å². The zero-order chi connectivity index (χ0) is 24.9. The number of amides is 1. The lowest BCUT2D eigenvalue weighted by molar-refractivity contribution is -0.235. The Balaban J connectivity index is 1.23. The summed E-state index contributed by atoms with van der Waals surface area (Å²) in [6, 6.07) is 13.7. The highest BCUT2D eigenvalue weighted by molar-refractivity contribution is 7.89. The summed E-state index contributed by atoms with van der Waals surface area (Å²) < 4.78 is 34.2. The minimum atomic E-state index is -3.96. The standard InChI is InChI=1S/C25H23N5O5S/c26-25(18-9-11-27-23(25)28-18)15-6-7-17-14(12-15)8-10-24-21(17)22(32)30(24)19(13-20(31)35-24)29-36(33,34)16-4-2-1-3-5-16/h1-8,10,12,18-19,21,29H,9,11,13,26H2,(H,27,28)/t18?,19?,21?,24-,25?/m0/s1. The summed E-state index contributed by atoms with van der Waals surface area (Å²) in [5, 5.41) is 3.29. The van der Waals surface area contributed by atoms with Gasteiger partial charge in [0.2, 0.25) is 21.7 Å². The van der Waals surface area contributed by atoms with Gasteiger partial charge in [-0.3, -0.25) is 19.5 Å². The summed E-state index contributed by atoms with van der Waals surface area (Å²) in [5.41, 5.74) is 7.11. The number of nitrogens with one attached hydrogen (secondary N) is 2. The Kier molecular flexibility index (Phi) is 4.24. The lowest BCUT2D eigenvalue weighted by Crippen LogP contribution is -2.78. The van der Waals surface area contributed by atoms with Crippen molar-refractivity contribution in [3.05, 3.63) is 71.3 Å². The fourth-order valence-electron chi connectivity index (χ4n) is 6.10. The molecule has 4 heterocycles. The number of carbonyl (C=O) groups is 2. The maximum atomic E-state index is 13.4.